The van der Waals surface area contributed by atoms with Gasteiger partial charge in [-0.3, -0.25) is 4.79 Å². The fourth-order valence-electron chi connectivity index (χ4n) is 2.87. The van der Waals surface area contributed by atoms with Crippen molar-refractivity contribution in [3.8, 4) is 0 Å². The number of rotatable bonds is 2. The maximum atomic E-state index is 12.1. The molecule has 0 spiro atoms. The van der Waals surface area contributed by atoms with Gasteiger partial charge in [-0.2, -0.15) is 13.2 Å². The molecule has 1 amide bonds. The van der Waals surface area contributed by atoms with Crippen LogP contribution < -0.4 is 5.32 Å². The highest BCUT2D eigenvalue weighted by atomic mass is 35.5. The Morgan fingerprint density at radius 3 is 2.16 bits per heavy atom. The summed E-state index contributed by atoms with van der Waals surface area (Å²) in [6.07, 6.45) is -3.82. The summed E-state index contributed by atoms with van der Waals surface area (Å²) >= 11 is 0. The van der Waals surface area contributed by atoms with E-state index in [4.69, 9.17) is 0 Å². The van der Waals surface area contributed by atoms with Gasteiger partial charge in [0.1, 0.15) is 0 Å². The molecule has 2 heterocycles. The Balaban J connectivity index is 0.00000180. The lowest BCUT2D eigenvalue weighted by molar-refractivity contribution is -0.149. The Hall–Kier alpha value is -0.490. The van der Waals surface area contributed by atoms with Gasteiger partial charge < -0.3 is 10.2 Å². The van der Waals surface area contributed by atoms with E-state index >= 15 is 0 Å². The highest BCUT2D eigenvalue weighted by molar-refractivity contribution is 5.85. The van der Waals surface area contributed by atoms with Gasteiger partial charge in [0.25, 0.3) is 0 Å². The second kappa shape index (κ2) is 6.79. The predicted molar refractivity (Wildman–Crippen MR) is 68.2 cm³/mol. The molecule has 2 aliphatic heterocycles. The summed E-state index contributed by atoms with van der Waals surface area (Å²) in [5.41, 5.74) is 0. The normalized spacial score (nSPS) is 27.4. The summed E-state index contributed by atoms with van der Waals surface area (Å²) in [6, 6.07) is 0. The summed E-state index contributed by atoms with van der Waals surface area (Å²) in [6.45, 7) is 3.18. The van der Waals surface area contributed by atoms with Crippen molar-refractivity contribution in [3.63, 3.8) is 0 Å². The number of carbonyl (C=O) groups excluding carboxylic acids is 1. The molecule has 3 nitrogen and oxygen atoms in total. The number of nitrogens with zero attached hydrogens (tertiary/aromatic N) is 1. The number of halogens is 4. The van der Waals surface area contributed by atoms with Crippen LogP contribution in [0.15, 0.2) is 0 Å². The molecule has 0 unspecified atom stereocenters. The Labute approximate surface area is 117 Å². The molecule has 0 radical (unpaired) electrons. The minimum Gasteiger partial charge on any atom is -0.343 e. The van der Waals surface area contributed by atoms with Crippen molar-refractivity contribution >= 4 is 18.3 Å². The van der Waals surface area contributed by atoms with Gasteiger partial charge in [-0.25, -0.2) is 0 Å². The molecular formula is C12H20ClF3N2O. The minimum absolute atomic E-state index is 0. The second-order valence-electron chi connectivity index (χ2n) is 5.25. The zero-order valence-corrected chi connectivity index (χ0v) is 11.5. The zero-order chi connectivity index (χ0) is 13.2. The van der Waals surface area contributed by atoms with Crippen LogP contribution in [-0.2, 0) is 4.79 Å². The number of likely N-dealkylation sites (tertiary alicyclic amines) is 1. The van der Waals surface area contributed by atoms with Crippen LogP contribution in [0.4, 0.5) is 13.2 Å². The molecule has 0 aromatic rings. The standard InChI is InChI=1S/C12H19F3N2O.ClH/c13-12(14,15)4-1-11(18)17-5-2-9-7-16-8-10(9)3-6-17;/h9-10,16H,1-8H2;1H/t9-,10+;. The zero-order valence-electron chi connectivity index (χ0n) is 10.7. The molecule has 1 N–H and O–H groups in total. The van der Waals surface area contributed by atoms with Crippen molar-refractivity contribution in [1.82, 2.24) is 10.2 Å². The fourth-order valence-corrected chi connectivity index (χ4v) is 2.87. The van der Waals surface area contributed by atoms with Crippen molar-refractivity contribution in [3.05, 3.63) is 0 Å². The summed E-state index contributed by atoms with van der Waals surface area (Å²) < 4.78 is 36.2. The summed E-state index contributed by atoms with van der Waals surface area (Å²) in [4.78, 5) is 13.3. The first-order valence-corrected chi connectivity index (χ1v) is 6.51. The molecule has 112 valence electrons. The van der Waals surface area contributed by atoms with E-state index in [1.54, 1.807) is 4.90 Å². The van der Waals surface area contributed by atoms with Crippen LogP contribution in [0, 0.1) is 11.8 Å². The third kappa shape index (κ3) is 4.84. The number of carbonyl (C=O) groups is 1. The maximum absolute atomic E-state index is 12.1. The van der Waals surface area contributed by atoms with Crippen LogP contribution in [0.1, 0.15) is 25.7 Å². The van der Waals surface area contributed by atoms with Crippen LogP contribution in [0.25, 0.3) is 0 Å². The fraction of sp³-hybridized carbons (Fsp3) is 0.917. The SMILES string of the molecule is Cl.O=C(CCC(F)(F)F)N1CC[C@@H]2CNC[C@@H]2CC1. The Morgan fingerprint density at radius 2 is 1.68 bits per heavy atom. The molecule has 2 atom stereocenters. The topological polar surface area (TPSA) is 32.3 Å². The van der Waals surface area contributed by atoms with E-state index in [0.717, 1.165) is 25.9 Å². The molecule has 19 heavy (non-hydrogen) atoms. The molecule has 2 saturated heterocycles. The van der Waals surface area contributed by atoms with Crippen molar-refractivity contribution in [2.24, 2.45) is 11.8 Å². The first-order chi connectivity index (χ1) is 8.46. The molecule has 0 bridgehead atoms. The van der Waals surface area contributed by atoms with E-state index in [9.17, 15) is 18.0 Å². The monoisotopic (exact) mass is 300 g/mol. The Morgan fingerprint density at radius 1 is 1.16 bits per heavy atom. The molecule has 0 aliphatic carbocycles. The average molecular weight is 301 g/mol. The number of nitrogens with one attached hydrogen (secondary N) is 1. The molecule has 2 rings (SSSR count). The van der Waals surface area contributed by atoms with E-state index < -0.39 is 19.0 Å². The lowest BCUT2D eigenvalue weighted by Gasteiger charge is -2.21. The van der Waals surface area contributed by atoms with E-state index in [0.29, 0.717) is 24.9 Å². The Kier molecular flexibility index (Phi) is 5.92. The average Bonchev–Trinajstić information content (AvgIpc) is 2.64. The van der Waals surface area contributed by atoms with Crippen LogP contribution in [0.3, 0.4) is 0 Å². The maximum Gasteiger partial charge on any atom is 0.389 e. The highest BCUT2D eigenvalue weighted by Crippen LogP contribution is 2.28. The van der Waals surface area contributed by atoms with Crippen LogP contribution in [0.5, 0.6) is 0 Å². The van der Waals surface area contributed by atoms with Crippen LogP contribution in [-0.4, -0.2) is 43.2 Å². The minimum atomic E-state index is -4.23. The number of hydrogen-bond donors (Lipinski definition) is 1. The number of alkyl halides is 3. The number of hydrogen-bond acceptors (Lipinski definition) is 2. The largest absolute Gasteiger partial charge is 0.389 e. The molecule has 7 heteroatoms. The van der Waals surface area contributed by atoms with Crippen molar-refractivity contribution in [2.75, 3.05) is 26.2 Å². The molecule has 0 aromatic carbocycles. The van der Waals surface area contributed by atoms with Gasteiger partial charge in [0, 0.05) is 19.5 Å². The molecule has 2 aliphatic rings. The molecule has 2 fully saturated rings. The van der Waals surface area contributed by atoms with E-state index in [-0.39, 0.29) is 18.3 Å². The lowest BCUT2D eigenvalue weighted by atomic mass is 9.92. The second-order valence-corrected chi connectivity index (χ2v) is 5.25. The first kappa shape index (κ1) is 16.6. The highest BCUT2D eigenvalue weighted by Gasteiger charge is 2.33. The lowest BCUT2D eigenvalue weighted by Crippen LogP contribution is -2.33. The Bertz CT molecular complexity index is 298. The quantitative estimate of drug-likeness (QED) is 0.848. The summed E-state index contributed by atoms with van der Waals surface area (Å²) in [5, 5.41) is 3.33. The smallest absolute Gasteiger partial charge is 0.343 e. The van der Waals surface area contributed by atoms with Gasteiger partial charge in [-0.05, 0) is 37.8 Å². The van der Waals surface area contributed by atoms with Crippen molar-refractivity contribution in [2.45, 2.75) is 31.9 Å². The van der Waals surface area contributed by atoms with Crippen LogP contribution in [0.2, 0.25) is 0 Å². The van der Waals surface area contributed by atoms with Gasteiger partial charge in [0.2, 0.25) is 5.91 Å². The molecule has 0 aromatic heterocycles. The molecular weight excluding hydrogens is 281 g/mol. The number of amides is 1. The van der Waals surface area contributed by atoms with Gasteiger partial charge in [0.05, 0.1) is 6.42 Å². The van der Waals surface area contributed by atoms with Crippen molar-refractivity contribution < 1.29 is 18.0 Å². The van der Waals surface area contributed by atoms with E-state index in [1.807, 2.05) is 0 Å². The summed E-state index contributed by atoms with van der Waals surface area (Å²) in [7, 11) is 0. The predicted octanol–water partition coefficient (Wildman–Crippen LogP) is 2.21. The van der Waals surface area contributed by atoms with Crippen molar-refractivity contribution in [1.29, 1.82) is 0 Å². The molecule has 0 saturated carbocycles. The van der Waals surface area contributed by atoms with E-state index in [1.165, 1.54) is 0 Å². The third-order valence-corrected chi connectivity index (χ3v) is 3.99. The van der Waals surface area contributed by atoms with E-state index in [2.05, 4.69) is 5.32 Å². The van der Waals surface area contributed by atoms with Crippen LogP contribution >= 0.6 is 12.4 Å². The first-order valence-electron chi connectivity index (χ1n) is 6.51. The van der Waals surface area contributed by atoms with Gasteiger partial charge in [0.15, 0.2) is 0 Å². The van der Waals surface area contributed by atoms with Gasteiger partial charge in [-0.1, -0.05) is 0 Å². The third-order valence-electron chi connectivity index (χ3n) is 3.99. The van der Waals surface area contributed by atoms with Gasteiger partial charge in [-0.15, -0.1) is 12.4 Å². The summed E-state index contributed by atoms with van der Waals surface area (Å²) in [5.74, 6) is 0.830. The van der Waals surface area contributed by atoms with Gasteiger partial charge >= 0.3 is 6.18 Å². The number of fused-ring (bicyclic) bond motifs is 1.